The zero-order valence-corrected chi connectivity index (χ0v) is 10.6. The summed E-state index contributed by atoms with van der Waals surface area (Å²) in [6.45, 7) is 4.33. The zero-order chi connectivity index (χ0) is 10.8. The molecule has 2 aromatic heterocycles. The molecule has 0 aliphatic carbocycles. The van der Waals surface area contributed by atoms with Gasteiger partial charge in [-0.1, -0.05) is 13.8 Å². The topological polar surface area (TPSA) is 22.1 Å². The van der Waals surface area contributed by atoms with Gasteiger partial charge >= 0.3 is 0 Å². The predicted molar refractivity (Wildman–Crippen MR) is 67.2 cm³/mol. The number of fused-ring (bicyclic) bond motifs is 1. The second-order valence-electron chi connectivity index (χ2n) is 3.46. The summed E-state index contributed by atoms with van der Waals surface area (Å²) in [6, 6.07) is 4.05. The maximum absolute atomic E-state index is 5.37. The number of methoxy groups -OCH3 is 1. The zero-order valence-electron chi connectivity index (χ0n) is 8.98. The Morgan fingerprint density at radius 3 is 2.93 bits per heavy atom. The highest BCUT2D eigenvalue weighted by molar-refractivity contribution is 7.99. The van der Waals surface area contributed by atoms with Gasteiger partial charge in [-0.25, -0.2) is 4.98 Å². The number of pyridine rings is 1. The van der Waals surface area contributed by atoms with Crippen LogP contribution in [0, 0.1) is 0 Å². The monoisotopic (exact) mass is 239 g/mol. The lowest BCUT2D eigenvalue weighted by molar-refractivity contribution is 0.419. The van der Waals surface area contributed by atoms with Gasteiger partial charge in [0.2, 0.25) is 0 Å². The Kier molecular flexibility index (Phi) is 3.17. The van der Waals surface area contributed by atoms with E-state index in [0.717, 1.165) is 21.0 Å². The summed E-state index contributed by atoms with van der Waals surface area (Å²) in [7, 11) is 1.71. The fourth-order valence-electron chi connectivity index (χ4n) is 1.36. The van der Waals surface area contributed by atoms with Crippen molar-refractivity contribution in [3.05, 3.63) is 17.5 Å². The van der Waals surface area contributed by atoms with Crippen LogP contribution in [0.2, 0.25) is 0 Å². The molecule has 0 amide bonds. The van der Waals surface area contributed by atoms with Crippen molar-refractivity contribution in [3.8, 4) is 5.75 Å². The molecular weight excluding hydrogens is 226 g/mol. The lowest BCUT2D eigenvalue weighted by Gasteiger charge is -2.07. The van der Waals surface area contributed by atoms with E-state index in [2.05, 4.69) is 18.8 Å². The summed E-state index contributed by atoms with van der Waals surface area (Å²) >= 11 is 3.43. The highest BCUT2D eigenvalue weighted by Crippen LogP contribution is 2.33. The van der Waals surface area contributed by atoms with E-state index in [-0.39, 0.29) is 0 Å². The molecule has 0 aliphatic heterocycles. The molecule has 2 heterocycles. The van der Waals surface area contributed by atoms with Gasteiger partial charge in [0.25, 0.3) is 0 Å². The summed E-state index contributed by atoms with van der Waals surface area (Å²) in [6.07, 6.45) is 0. The maximum atomic E-state index is 5.37. The van der Waals surface area contributed by atoms with Gasteiger partial charge in [0.05, 0.1) is 17.3 Å². The van der Waals surface area contributed by atoms with E-state index in [0.29, 0.717) is 5.25 Å². The van der Waals surface area contributed by atoms with Gasteiger partial charge in [-0.15, -0.1) is 23.1 Å². The molecule has 2 aromatic rings. The van der Waals surface area contributed by atoms with Gasteiger partial charge in [-0.05, 0) is 11.4 Å². The van der Waals surface area contributed by atoms with E-state index < -0.39 is 0 Å². The molecule has 80 valence electrons. The third kappa shape index (κ3) is 2.26. The molecular formula is C11H13NOS2. The molecule has 0 aromatic carbocycles. The van der Waals surface area contributed by atoms with Crippen LogP contribution in [0.4, 0.5) is 0 Å². The minimum absolute atomic E-state index is 0.540. The summed E-state index contributed by atoms with van der Waals surface area (Å²) < 4.78 is 6.50. The fraction of sp³-hybridized carbons (Fsp3) is 0.364. The van der Waals surface area contributed by atoms with Gasteiger partial charge in [0.1, 0.15) is 10.8 Å². The number of thioether (sulfide) groups is 1. The van der Waals surface area contributed by atoms with Crippen LogP contribution in [0.3, 0.4) is 0 Å². The molecule has 0 aliphatic rings. The number of rotatable bonds is 3. The normalized spacial score (nSPS) is 11.2. The average molecular weight is 239 g/mol. The average Bonchev–Trinajstić information content (AvgIpc) is 2.63. The molecule has 0 unspecified atom stereocenters. The molecule has 0 spiro atoms. The van der Waals surface area contributed by atoms with Crippen LogP contribution in [0.1, 0.15) is 13.8 Å². The van der Waals surface area contributed by atoms with Crippen LogP contribution in [0.5, 0.6) is 5.75 Å². The lowest BCUT2D eigenvalue weighted by atomic mass is 10.4. The first-order valence-electron chi connectivity index (χ1n) is 4.79. The largest absolute Gasteiger partial charge is 0.495 e. The molecule has 0 saturated heterocycles. The summed E-state index contributed by atoms with van der Waals surface area (Å²) in [5.41, 5.74) is 1.03. The number of hydrogen-bond donors (Lipinski definition) is 0. The molecule has 15 heavy (non-hydrogen) atoms. The van der Waals surface area contributed by atoms with Crippen molar-refractivity contribution in [3.63, 3.8) is 0 Å². The molecule has 0 fully saturated rings. The molecule has 2 rings (SSSR count). The Bertz CT molecular complexity index is 465. The number of ether oxygens (including phenoxy) is 1. The van der Waals surface area contributed by atoms with Gasteiger partial charge in [-0.3, -0.25) is 0 Å². The van der Waals surface area contributed by atoms with Crippen molar-refractivity contribution in [1.82, 2.24) is 4.98 Å². The molecule has 4 heteroatoms. The van der Waals surface area contributed by atoms with Crippen LogP contribution in [0.25, 0.3) is 10.2 Å². The molecule has 0 N–H and O–H groups in total. The Balaban J connectivity index is 2.49. The number of aromatic nitrogens is 1. The molecule has 2 nitrogen and oxygen atoms in total. The SMILES string of the molecule is COc1cc(SC(C)C)nc2ccsc12. The Hall–Kier alpha value is -0.740. The van der Waals surface area contributed by atoms with Crippen LogP contribution >= 0.6 is 23.1 Å². The van der Waals surface area contributed by atoms with Crippen LogP contribution in [0.15, 0.2) is 22.5 Å². The van der Waals surface area contributed by atoms with Crippen molar-refractivity contribution in [2.45, 2.75) is 24.1 Å². The molecule has 0 bridgehead atoms. The molecule has 0 radical (unpaired) electrons. The number of nitrogens with zero attached hydrogens (tertiary/aromatic N) is 1. The second kappa shape index (κ2) is 4.41. The minimum atomic E-state index is 0.540. The van der Waals surface area contributed by atoms with E-state index in [1.54, 1.807) is 30.2 Å². The van der Waals surface area contributed by atoms with Crippen molar-refractivity contribution < 1.29 is 4.74 Å². The van der Waals surface area contributed by atoms with Crippen LogP contribution in [-0.4, -0.2) is 17.3 Å². The van der Waals surface area contributed by atoms with Gasteiger partial charge in [0, 0.05) is 11.3 Å². The minimum Gasteiger partial charge on any atom is -0.495 e. The fourth-order valence-corrected chi connectivity index (χ4v) is 2.99. The van der Waals surface area contributed by atoms with E-state index in [4.69, 9.17) is 4.74 Å². The first kappa shape index (κ1) is 10.8. The third-order valence-corrected chi connectivity index (χ3v) is 3.77. The van der Waals surface area contributed by atoms with Crippen molar-refractivity contribution in [2.75, 3.05) is 7.11 Å². The van der Waals surface area contributed by atoms with Crippen molar-refractivity contribution in [1.29, 1.82) is 0 Å². The number of hydrogen-bond acceptors (Lipinski definition) is 4. The lowest BCUT2D eigenvalue weighted by Crippen LogP contribution is -1.91. The van der Waals surface area contributed by atoms with Crippen molar-refractivity contribution in [2.24, 2.45) is 0 Å². The Morgan fingerprint density at radius 2 is 2.27 bits per heavy atom. The third-order valence-electron chi connectivity index (χ3n) is 1.93. The van der Waals surface area contributed by atoms with Gasteiger partial charge in [-0.2, -0.15) is 0 Å². The van der Waals surface area contributed by atoms with Gasteiger partial charge in [0.15, 0.2) is 0 Å². The first-order valence-corrected chi connectivity index (χ1v) is 6.55. The Labute approximate surface area is 97.7 Å². The van der Waals surface area contributed by atoms with Crippen molar-refractivity contribution >= 4 is 33.3 Å². The molecule has 0 atom stereocenters. The summed E-state index contributed by atoms with van der Waals surface area (Å²) in [4.78, 5) is 4.58. The number of thiophene rings is 1. The van der Waals surface area contributed by atoms with Crippen LogP contribution < -0.4 is 4.74 Å². The van der Waals surface area contributed by atoms with E-state index >= 15 is 0 Å². The summed E-state index contributed by atoms with van der Waals surface area (Å²) in [5, 5.41) is 3.62. The van der Waals surface area contributed by atoms with E-state index in [1.807, 2.05) is 17.5 Å². The second-order valence-corrected chi connectivity index (χ2v) is 5.98. The van der Waals surface area contributed by atoms with Gasteiger partial charge < -0.3 is 4.74 Å². The maximum Gasteiger partial charge on any atom is 0.140 e. The summed E-state index contributed by atoms with van der Waals surface area (Å²) in [5.74, 6) is 0.929. The molecule has 0 saturated carbocycles. The van der Waals surface area contributed by atoms with E-state index in [9.17, 15) is 0 Å². The van der Waals surface area contributed by atoms with E-state index in [1.165, 1.54) is 0 Å². The smallest absolute Gasteiger partial charge is 0.140 e. The first-order chi connectivity index (χ1) is 7.20. The highest BCUT2D eigenvalue weighted by atomic mass is 32.2. The van der Waals surface area contributed by atoms with Crippen LogP contribution in [-0.2, 0) is 0 Å². The standard InChI is InChI=1S/C11H13NOS2/c1-7(2)15-10-6-9(13-3)11-8(12-10)4-5-14-11/h4-7H,1-3H3. The quantitative estimate of drug-likeness (QED) is 0.760. The Morgan fingerprint density at radius 1 is 1.47 bits per heavy atom. The highest BCUT2D eigenvalue weighted by Gasteiger charge is 2.08. The predicted octanol–water partition coefficient (Wildman–Crippen LogP) is 3.81.